The van der Waals surface area contributed by atoms with E-state index in [9.17, 15) is 9.18 Å². The number of anilines is 1. The van der Waals surface area contributed by atoms with Crippen LogP contribution in [0.4, 0.5) is 10.1 Å². The van der Waals surface area contributed by atoms with Crippen molar-refractivity contribution in [2.24, 2.45) is 0 Å². The monoisotopic (exact) mass is 261 g/mol. The second-order valence-corrected chi connectivity index (χ2v) is 3.71. The fourth-order valence-electron chi connectivity index (χ4n) is 1.46. The number of nitrogens with one attached hydrogen (secondary N) is 1. The van der Waals surface area contributed by atoms with Crippen LogP contribution < -0.4 is 15.8 Å². The molecule has 0 aliphatic rings. The van der Waals surface area contributed by atoms with Crippen molar-refractivity contribution in [3.63, 3.8) is 0 Å². The summed E-state index contributed by atoms with van der Waals surface area (Å²) in [5.74, 6) is -0.351. The van der Waals surface area contributed by atoms with E-state index >= 15 is 0 Å². The summed E-state index contributed by atoms with van der Waals surface area (Å²) in [4.78, 5) is 15.3. The fraction of sp³-hybridized carbons (Fsp3) is 0.0769. The zero-order chi connectivity index (χ0) is 13.8. The van der Waals surface area contributed by atoms with Crippen LogP contribution in [0.25, 0.3) is 0 Å². The molecule has 5 nitrogen and oxygen atoms in total. The highest BCUT2D eigenvalue weighted by Crippen LogP contribution is 2.29. The Kier molecular flexibility index (Phi) is 3.61. The van der Waals surface area contributed by atoms with E-state index in [0.717, 1.165) is 0 Å². The first-order valence-electron chi connectivity index (χ1n) is 5.52. The van der Waals surface area contributed by atoms with Crippen molar-refractivity contribution in [3.05, 3.63) is 48.0 Å². The minimum absolute atomic E-state index is 0.0826. The van der Waals surface area contributed by atoms with Gasteiger partial charge in [0.2, 0.25) is 0 Å². The van der Waals surface area contributed by atoms with Crippen molar-refractivity contribution in [2.75, 3.05) is 12.8 Å². The molecular weight excluding hydrogens is 249 g/mol. The molecule has 0 saturated heterocycles. The molecule has 0 unspecified atom stereocenters. The van der Waals surface area contributed by atoms with Gasteiger partial charge in [0, 0.05) is 19.3 Å². The van der Waals surface area contributed by atoms with E-state index in [1.54, 1.807) is 12.1 Å². The minimum atomic E-state index is -0.557. The second kappa shape index (κ2) is 5.34. The quantitative estimate of drug-likeness (QED) is 0.828. The Hall–Kier alpha value is -2.63. The minimum Gasteiger partial charge on any atom is -0.455 e. The summed E-state index contributed by atoms with van der Waals surface area (Å²) in [5, 5.41) is 2.45. The van der Waals surface area contributed by atoms with Crippen LogP contribution in [0.3, 0.4) is 0 Å². The highest BCUT2D eigenvalue weighted by atomic mass is 19.1. The van der Waals surface area contributed by atoms with Gasteiger partial charge in [-0.15, -0.1) is 0 Å². The molecule has 98 valence electrons. The van der Waals surface area contributed by atoms with Gasteiger partial charge in [0.1, 0.15) is 22.9 Å². The standard InChI is InChI=1S/C13H12FN3O2/c1-16-13(18)10-7-8(5-6-17-10)19-11-4-2-3-9(14)12(11)15/h2-7H,15H2,1H3,(H,16,18). The van der Waals surface area contributed by atoms with E-state index in [-0.39, 0.29) is 23.0 Å². The maximum atomic E-state index is 13.3. The molecule has 1 heterocycles. The number of carbonyl (C=O) groups is 1. The normalized spacial score (nSPS) is 10.0. The van der Waals surface area contributed by atoms with Crippen molar-refractivity contribution >= 4 is 11.6 Å². The summed E-state index contributed by atoms with van der Waals surface area (Å²) in [5.41, 5.74) is 5.68. The number of benzene rings is 1. The third-order valence-electron chi connectivity index (χ3n) is 2.43. The molecule has 3 N–H and O–H groups in total. The van der Waals surface area contributed by atoms with Crippen LogP contribution in [0, 0.1) is 5.82 Å². The van der Waals surface area contributed by atoms with Crippen LogP contribution in [0.15, 0.2) is 36.5 Å². The van der Waals surface area contributed by atoms with Crippen LogP contribution in [0.2, 0.25) is 0 Å². The van der Waals surface area contributed by atoms with Gasteiger partial charge in [0.15, 0.2) is 5.75 Å². The van der Waals surface area contributed by atoms with Crippen LogP contribution in [0.1, 0.15) is 10.5 Å². The molecule has 1 aromatic carbocycles. The molecule has 1 aromatic heterocycles. The Morgan fingerprint density at radius 2 is 2.21 bits per heavy atom. The van der Waals surface area contributed by atoms with Crippen molar-refractivity contribution in [2.45, 2.75) is 0 Å². The average Bonchev–Trinajstić information content (AvgIpc) is 2.43. The van der Waals surface area contributed by atoms with E-state index in [1.807, 2.05) is 0 Å². The molecule has 19 heavy (non-hydrogen) atoms. The number of pyridine rings is 1. The zero-order valence-corrected chi connectivity index (χ0v) is 10.2. The summed E-state index contributed by atoms with van der Waals surface area (Å²) in [6.45, 7) is 0. The molecule has 0 atom stereocenters. The lowest BCUT2D eigenvalue weighted by molar-refractivity contribution is 0.0958. The summed E-state index contributed by atoms with van der Waals surface area (Å²) < 4.78 is 18.7. The third kappa shape index (κ3) is 2.79. The average molecular weight is 261 g/mol. The number of rotatable bonds is 3. The topological polar surface area (TPSA) is 77.2 Å². The van der Waals surface area contributed by atoms with E-state index in [2.05, 4.69) is 10.3 Å². The SMILES string of the molecule is CNC(=O)c1cc(Oc2cccc(F)c2N)ccn1. The van der Waals surface area contributed by atoms with Crippen molar-refractivity contribution in [1.82, 2.24) is 10.3 Å². The summed E-state index contributed by atoms with van der Waals surface area (Å²) in [6.07, 6.45) is 1.43. The molecular formula is C13H12FN3O2. The van der Waals surface area contributed by atoms with Crippen LogP contribution in [-0.2, 0) is 0 Å². The lowest BCUT2D eigenvalue weighted by Gasteiger charge is -2.09. The van der Waals surface area contributed by atoms with Crippen molar-refractivity contribution in [1.29, 1.82) is 0 Å². The Bertz CT molecular complexity index is 617. The van der Waals surface area contributed by atoms with Crippen molar-refractivity contribution in [3.8, 4) is 11.5 Å². The number of para-hydroxylation sites is 1. The number of halogens is 1. The lowest BCUT2D eigenvalue weighted by Crippen LogP contribution is -2.18. The maximum Gasteiger partial charge on any atom is 0.269 e. The fourth-order valence-corrected chi connectivity index (χ4v) is 1.46. The molecule has 6 heteroatoms. The van der Waals surface area contributed by atoms with Gasteiger partial charge in [-0.2, -0.15) is 0 Å². The number of nitrogens with two attached hydrogens (primary N) is 1. The molecule has 0 radical (unpaired) electrons. The van der Waals surface area contributed by atoms with Gasteiger partial charge >= 0.3 is 0 Å². The number of nitrogen functional groups attached to an aromatic ring is 1. The van der Waals surface area contributed by atoms with Gasteiger partial charge in [-0.05, 0) is 18.2 Å². The number of hydrogen-bond donors (Lipinski definition) is 2. The first kappa shape index (κ1) is 12.8. The van der Waals surface area contributed by atoms with E-state index in [4.69, 9.17) is 10.5 Å². The lowest BCUT2D eigenvalue weighted by atomic mass is 10.3. The third-order valence-corrected chi connectivity index (χ3v) is 2.43. The van der Waals surface area contributed by atoms with E-state index < -0.39 is 5.82 Å². The molecule has 0 saturated carbocycles. The van der Waals surface area contributed by atoms with Gasteiger partial charge in [0.05, 0.1) is 0 Å². The van der Waals surface area contributed by atoms with Crippen LogP contribution in [-0.4, -0.2) is 17.9 Å². The van der Waals surface area contributed by atoms with E-state index in [0.29, 0.717) is 5.75 Å². The summed E-state index contributed by atoms with van der Waals surface area (Å²) in [7, 11) is 1.50. The van der Waals surface area contributed by atoms with Gasteiger partial charge in [-0.25, -0.2) is 4.39 Å². The van der Waals surface area contributed by atoms with Gasteiger partial charge < -0.3 is 15.8 Å². The Morgan fingerprint density at radius 1 is 1.42 bits per heavy atom. The number of nitrogens with zero attached hydrogens (tertiary/aromatic N) is 1. The highest BCUT2D eigenvalue weighted by Gasteiger charge is 2.09. The maximum absolute atomic E-state index is 13.3. The Morgan fingerprint density at radius 3 is 2.95 bits per heavy atom. The molecule has 0 aliphatic carbocycles. The van der Waals surface area contributed by atoms with Crippen LogP contribution in [0.5, 0.6) is 11.5 Å². The van der Waals surface area contributed by atoms with E-state index in [1.165, 1.54) is 31.4 Å². The number of amides is 1. The molecule has 2 aromatic rings. The molecule has 0 aliphatic heterocycles. The van der Waals surface area contributed by atoms with Gasteiger partial charge in [-0.3, -0.25) is 9.78 Å². The zero-order valence-electron chi connectivity index (χ0n) is 10.2. The smallest absolute Gasteiger partial charge is 0.269 e. The van der Waals surface area contributed by atoms with Crippen molar-refractivity contribution < 1.29 is 13.9 Å². The molecule has 0 spiro atoms. The summed E-state index contributed by atoms with van der Waals surface area (Å²) >= 11 is 0. The number of ether oxygens (including phenoxy) is 1. The first-order valence-corrected chi connectivity index (χ1v) is 5.52. The first-order chi connectivity index (χ1) is 9.11. The second-order valence-electron chi connectivity index (χ2n) is 3.71. The predicted molar refractivity (Wildman–Crippen MR) is 68.5 cm³/mol. The number of hydrogen-bond acceptors (Lipinski definition) is 4. The van der Waals surface area contributed by atoms with Crippen LogP contribution >= 0.6 is 0 Å². The highest BCUT2D eigenvalue weighted by molar-refractivity contribution is 5.92. The number of carbonyl (C=O) groups excluding carboxylic acids is 1. The number of aromatic nitrogens is 1. The predicted octanol–water partition coefficient (Wildman–Crippen LogP) is 1.95. The molecule has 1 amide bonds. The van der Waals surface area contributed by atoms with Gasteiger partial charge in [-0.1, -0.05) is 6.07 Å². The molecule has 0 fully saturated rings. The Balaban J connectivity index is 2.28. The summed E-state index contributed by atoms with van der Waals surface area (Å²) in [6, 6.07) is 7.27. The Labute approximate surface area is 109 Å². The van der Waals surface area contributed by atoms with Gasteiger partial charge in [0.25, 0.3) is 5.91 Å². The molecule has 2 rings (SSSR count). The molecule has 0 bridgehead atoms. The largest absolute Gasteiger partial charge is 0.455 e.